The molecular weight excluding hydrogens is 206 g/mol. The minimum absolute atomic E-state index is 0.716. The van der Waals surface area contributed by atoms with E-state index in [9.17, 15) is 0 Å². The number of H-pyrrole nitrogens is 1. The van der Waals surface area contributed by atoms with Gasteiger partial charge in [-0.3, -0.25) is 5.10 Å². The van der Waals surface area contributed by atoms with E-state index in [0.717, 1.165) is 24.7 Å². The van der Waals surface area contributed by atoms with Gasteiger partial charge >= 0.3 is 0 Å². The summed E-state index contributed by atoms with van der Waals surface area (Å²) in [6, 6.07) is 0. The van der Waals surface area contributed by atoms with Crippen LogP contribution in [0.25, 0.3) is 0 Å². The van der Waals surface area contributed by atoms with E-state index >= 15 is 0 Å². The summed E-state index contributed by atoms with van der Waals surface area (Å²) < 4.78 is 5.68. The predicted molar refractivity (Wildman–Crippen MR) is 57.1 cm³/mol. The van der Waals surface area contributed by atoms with Crippen molar-refractivity contribution in [2.75, 3.05) is 32.2 Å². The van der Waals surface area contributed by atoms with Gasteiger partial charge in [0.05, 0.1) is 0 Å². The van der Waals surface area contributed by atoms with Crippen LogP contribution < -0.4 is 4.90 Å². The monoisotopic (exact) mass is 219 g/mol. The summed E-state index contributed by atoms with van der Waals surface area (Å²) in [6.07, 6.45) is 0.999. The minimum Gasteiger partial charge on any atom is -0.385 e. The van der Waals surface area contributed by atoms with Gasteiger partial charge in [0.1, 0.15) is 0 Å². The number of aromatic amines is 1. The zero-order valence-electron chi connectivity index (χ0n) is 7.74. The van der Waals surface area contributed by atoms with Crippen LogP contribution in [0.5, 0.6) is 0 Å². The number of nitrogens with one attached hydrogen (secondary N) is 1. The van der Waals surface area contributed by atoms with E-state index < -0.39 is 0 Å². The van der Waals surface area contributed by atoms with Crippen molar-refractivity contribution >= 4 is 28.7 Å². The fraction of sp³-hybridized carbons (Fsp3) is 0.714. The van der Waals surface area contributed by atoms with Crippen LogP contribution in [0.3, 0.4) is 0 Å². The van der Waals surface area contributed by atoms with Crippen molar-refractivity contribution in [3.8, 4) is 0 Å². The van der Waals surface area contributed by atoms with Crippen LogP contribution in [0.2, 0.25) is 0 Å². The van der Waals surface area contributed by atoms with E-state index in [1.165, 1.54) is 11.3 Å². The average Bonchev–Trinajstić information content (AvgIpc) is 2.52. The third-order valence-electron chi connectivity index (χ3n) is 1.60. The number of aromatic nitrogens is 2. The standard InChI is InChI=1S/C7H13N3OS2/c1-10(4-3-5-11-2)6-8-9-7(12)13-6/h3-5H2,1-2H3,(H,9,12). The summed E-state index contributed by atoms with van der Waals surface area (Å²) in [4.78, 5) is 2.07. The molecule has 0 spiro atoms. The molecule has 0 aliphatic carbocycles. The fourth-order valence-electron chi connectivity index (χ4n) is 0.927. The first kappa shape index (κ1) is 10.6. The number of hydrogen-bond acceptors (Lipinski definition) is 5. The highest BCUT2D eigenvalue weighted by molar-refractivity contribution is 7.73. The summed E-state index contributed by atoms with van der Waals surface area (Å²) in [7, 11) is 3.70. The number of nitrogens with zero attached hydrogens (tertiary/aromatic N) is 2. The normalized spacial score (nSPS) is 10.3. The molecule has 0 unspecified atom stereocenters. The van der Waals surface area contributed by atoms with Crippen LogP contribution in [-0.2, 0) is 4.74 Å². The first-order valence-corrected chi connectivity index (χ1v) is 5.22. The van der Waals surface area contributed by atoms with Gasteiger partial charge in [-0.1, -0.05) is 11.3 Å². The summed E-state index contributed by atoms with van der Waals surface area (Å²) in [5.74, 6) is 0. The molecule has 0 saturated carbocycles. The van der Waals surface area contributed by atoms with Gasteiger partial charge in [-0.2, -0.15) is 0 Å². The molecule has 1 heterocycles. The Balaban J connectivity index is 2.39. The molecule has 0 saturated heterocycles. The minimum atomic E-state index is 0.716. The molecule has 0 aliphatic heterocycles. The summed E-state index contributed by atoms with van der Waals surface area (Å²) >= 11 is 6.42. The lowest BCUT2D eigenvalue weighted by Crippen LogP contribution is -2.19. The van der Waals surface area contributed by atoms with Crippen molar-refractivity contribution < 1.29 is 4.74 Å². The first-order valence-electron chi connectivity index (χ1n) is 3.99. The van der Waals surface area contributed by atoms with Crippen molar-refractivity contribution in [2.45, 2.75) is 6.42 Å². The van der Waals surface area contributed by atoms with Gasteiger partial charge in [0.25, 0.3) is 0 Å². The highest BCUT2D eigenvalue weighted by Gasteiger charge is 2.03. The molecule has 6 heteroatoms. The summed E-state index contributed by atoms with van der Waals surface area (Å²) in [6.45, 7) is 1.71. The molecule has 1 aromatic heterocycles. The van der Waals surface area contributed by atoms with Crippen LogP contribution >= 0.6 is 23.6 Å². The van der Waals surface area contributed by atoms with E-state index in [2.05, 4.69) is 15.1 Å². The molecule has 13 heavy (non-hydrogen) atoms. The molecule has 74 valence electrons. The molecule has 0 atom stereocenters. The average molecular weight is 219 g/mol. The van der Waals surface area contributed by atoms with Gasteiger partial charge in [-0.15, -0.1) is 5.10 Å². The molecule has 0 aromatic carbocycles. The molecule has 0 amide bonds. The maximum atomic E-state index is 4.96. The Kier molecular flexibility index (Phi) is 4.34. The molecule has 4 nitrogen and oxygen atoms in total. The van der Waals surface area contributed by atoms with Gasteiger partial charge in [-0.25, -0.2) is 0 Å². The lowest BCUT2D eigenvalue weighted by molar-refractivity contribution is 0.196. The van der Waals surface area contributed by atoms with Crippen LogP contribution in [0.15, 0.2) is 0 Å². The SMILES string of the molecule is COCCCN(C)c1n[nH]c(=S)s1. The zero-order chi connectivity index (χ0) is 9.68. The van der Waals surface area contributed by atoms with Crippen molar-refractivity contribution in [3.05, 3.63) is 3.95 Å². The maximum Gasteiger partial charge on any atom is 0.206 e. The Morgan fingerprint density at radius 1 is 1.69 bits per heavy atom. The largest absolute Gasteiger partial charge is 0.385 e. The summed E-state index contributed by atoms with van der Waals surface area (Å²) in [5.41, 5.74) is 0. The number of methoxy groups -OCH3 is 1. The van der Waals surface area contributed by atoms with Gasteiger partial charge < -0.3 is 9.64 Å². The van der Waals surface area contributed by atoms with Crippen LogP contribution in [0.4, 0.5) is 5.13 Å². The van der Waals surface area contributed by atoms with Crippen LogP contribution in [-0.4, -0.2) is 37.5 Å². The Morgan fingerprint density at radius 3 is 3.00 bits per heavy atom. The Bertz CT molecular complexity index is 296. The summed E-state index contributed by atoms with van der Waals surface area (Å²) in [5, 5.41) is 7.75. The van der Waals surface area contributed by atoms with Gasteiger partial charge in [0.2, 0.25) is 5.13 Å². The lowest BCUT2D eigenvalue weighted by atomic mass is 10.4. The quantitative estimate of drug-likeness (QED) is 0.604. The van der Waals surface area contributed by atoms with E-state index in [1.807, 2.05) is 7.05 Å². The zero-order valence-corrected chi connectivity index (χ0v) is 9.37. The van der Waals surface area contributed by atoms with Crippen LogP contribution in [0, 0.1) is 3.95 Å². The lowest BCUT2D eigenvalue weighted by Gasteiger charge is -2.13. The Morgan fingerprint density at radius 2 is 2.46 bits per heavy atom. The second-order valence-electron chi connectivity index (χ2n) is 2.66. The maximum absolute atomic E-state index is 4.96. The highest BCUT2D eigenvalue weighted by Crippen LogP contribution is 2.15. The second-order valence-corrected chi connectivity index (χ2v) is 4.31. The molecular formula is C7H13N3OS2. The molecule has 0 radical (unpaired) electrons. The van der Waals surface area contributed by atoms with E-state index in [-0.39, 0.29) is 0 Å². The van der Waals surface area contributed by atoms with Gasteiger partial charge in [-0.05, 0) is 18.6 Å². The van der Waals surface area contributed by atoms with Crippen LogP contribution in [0.1, 0.15) is 6.42 Å². The predicted octanol–water partition coefficient (Wildman–Crippen LogP) is 1.67. The molecule has 0 aliphatic rings. The van der Waals surface area contributed by atoms with E-state index in [1.54, 1.807) is 7.11 Å². The first-order chi connectivity index (χ1) is 6.24. The Hall–Kier alpha value is -0.460. The molecule has 0 bridgehead atoms. The number of hydrogen-bond donors (Lipinski definition) is 1. The van der Waals surface area contributed by atoms with E-state index in [0.29, 0.717) is 3.95 Å². The number of rotatable bonds is 5. The third-order valence-corrected chi connectivity index (χ3v) is 2.80. The van der Waals surface area contributed by atoms with Crippen molar-refractivity contribution in [3.63, 3.8) is 0 Å². The third kappa shape index (κ3) is 3.41. The topological polar surface area (TPSA) is 41.1 Å². The van der Waals surface area contributed by atoms with Gasteiger partial charge in [0, 0.05) is 27.3 Å². The van der Waals surface area contributed by atoms with Crippen molar-refractivity contribution in [2.24, 2.45) is 0 Å². The molecule has 1 aromatic rings. The van der Waals surface area contributed by atoms with E-state index in [4.69, 9.17) is 17.0 Å². The highest BCUT2D eigenvalue weighted by atomic mass is 32.1. The van der Waals surface area contributed by atoms with Crippen molar-refractivity contribution in [1.82, 2.24) is 10.2 Å². The molecule has 1 rings (SSSR count). The van der Waals surface area contributed by atoms with Gasteiger partial charge in [0.15, 0.2) is 3.95 Å². The second kappa shape index (κ2) is 5.31. The molecule has 1 N–H and O–H groups in total. The smallest absolute Gasteiger partial charge is 0.206 e. The van der Waals surface area contributed by atoms with Crippen molar-refractivity contribution in [1.29, 1.82) is 0 Å². The number of anilines is 1. The number of ether oxygens (including phenoxy) is 1. The Labute approximate surface area is 86.5 Å². The molecule has 0 fully saturated rings. The fourth-order valence-corrected chi connectivity index (χ4v) is 1.79.